The van der Waals surface area contributed by atoms with Crippen LogP contribution < -0.4 is 0 Å². The van der Waals surface area contributed by atoms with Gasteiger partial charge in [0, 0.05) is 18.6 Å². The number of aliphatic hydroxyl groups is 1. The van der Waals surface area contributed by atoms with E-state index in [1.165, 1.54) is 0 Å². The monoisotopic (exact) mass is 358 g/mol. The lowest BCUT2D eigenvalue weighted by atomic mass is 9.99. The van der Waals surface area contributed by atoms with Crippen LogP contribution in [0, 0.1) is 11.8 Å². The molecule has 1 aliphatic rings. The van der Waals surface area contributed by atoms with Crippen molar-refractivity contribution in [3.8, 4) is 0 Å². The topological polar surface area (TPSA) is 46.5 Å². The van der Waals surface area contributed by atoms with Crippen LogP contribution >= 0.6 is 23.2 Å². The Balaban J connectivity index is 1.83. The van der Waals surface area contributed by atoms with Gasteiger partial charge >= 0.3 is 0 Å². The number of carbonyl (C=O) groups excluding carboxylic acids is 1. The number of ether oxygens (including phenoxy) is 1. The van der Waals surface area contributed by atoms with Crippen LogP contribution in [0.25, 0.3) is 0 Å². The zero-order chi connectivity index (χ0) is 16.8. The van der Waals surface area contributed by atoms with Gasteiger partial charge < -0.3 is 9.84 Å². The molecule has 0 saturated heterocycles. The summed E-state index contributed by atoms with van der Waals surface area (Å²) in [7, 11) is 0. The Morgan fingerprint density at radius 2 is 2.17 bits per heavy atom. The number of halogens is 2. The van der Waals surface area contributed by atoms with Crippen LogP contribution in [0.4, 0.5) is 0 Å². The quantitative estimate of drug-likeness (QED) is 0.563. The lowest BCUT2D eigenvalue weighted by Gasteiger charge is -2.17. The Morgan fingerprint density at radius 1 is 1.39 bits per heavy atom. The van der Waals surface area contributed by atoms with Crippen molar-refractivity contribution >= 4 is 29.0 Å². The molecule has 4 atom stereocenters. The Kier molecular flexibility index (Phi) is 7.35. The van der Waals surface area contributed by atoms with E-state index in [9.17, 15) is 4.79 Å². The molecule has 0 spiro atoms. The average Bonchev–Trinajstić information content (AvgIpc) is 2.80. The van der Waals surface area contributed by atoms with E-state index in [-0.39, 0.29) is 23.1 Å². The van der Waals surface area contributed by atoms with Gasteiger partial charge in [0.25, 0.3) is 0 Å². The summed E-state index contributed by atoms with van der Waals surface area (Å²) >= 11 is 12.5. The smallest absolute Gasteiger partial charge is 0.162 e. The molecule has 1 saturated carbocycles. The summed E-state index contributed by atoms with van der Waals surface area (Å²) in [4.78, 5) is 12.0. The van der Waals surface area contributed by atoms with Crippen LogP contribution in [-0.4, -0.2) is 34.9 Å². The van der Waals surface area contributed by atoms with Crippen molar-refractivity contribution in [2.75, 3.05) is 13.2 Å². The molecule has 3 unspecified atom stereocenters. The summed E-state index contributed by atoms with van der Waals surface area (Å²) in [5, 5.41) is 8.84. The standard InChI is InChI=1S/C18H24Cl2O3/c1-12-15(9-16(19)18(12)20)11-23-10-13-4-2-5-14(8-13)17(22)6-3-7-21/h2,4-5,8,12,15-16,18,21H,3,6-7,9-11H2,1H3/t12?,15-,16?,18?/m1/s1. The number of Topliss-reactive ketones (excluding diaryl/α,β-unsaturated/α-hetero) is 1. The maximum absolute atomic E-state index is 12.0. The predicted molar refractivity (Wildman–Crippen MR) is 93.3 cm³/mol. The molecule has 1 N–H and O–H groups in total. The van der Waals surface area contributed by atoms with Gasteiger partial charge in [0.15, 0.2) is 5.78 Å². The van der Waals surface area contributed by atoms with E-state index in [2.05, 4.69) is 6.92 Å². The summed E-state index contributed by atoms with van der Waals surface area (Å²) < 4.78 is 5.82. The van der Waals surface area contributed by atoms with Gasteiger partial charge in [0.05, 0.1) is 24.0 Å². The molecular formula is C18H24Cl2O3. The second-order valence-corrected chi connectivity index (χ2v) is 7.35. The Labute approximate surface area is 147 Å². The minimum Gasteiger partial charge on any atom is -0.396 e. The highest BCUT2D eigenvalue weighted by Gasteiger charge is 2.38. The zero-order valence-corrected chi connectivity index (χ0v) is 14.9. The van der Waals surface area contributed by atoms with Gasteiger partial charge in [-0.15, -0.1) is 23.2 Å². The first kappa shape index (κ1) is 18.7. The van der Waals surface area contributed by atoms with Gasteiger partial charge in [-0.1, -0.05) is 25.1 Å². The maximum atomic E-state index is 12.0. The van der Waals surface area contributed by atoms with Crippen molar-refractivity contribution in [1.29, 1.82) is 0 Å². The number of carbonyl (C=O) groups is 1. The third-order valence-electron chi connectivity index (χ3n) is 4.53. The van der Waals surface area contributed by atoms with Crippen molar-refractivity contribution in [2.24, 2.45) is 11.8 Å². The highest BCUT2D eigenvalue weighted by molar-refractivity contribution is 6.30. The van der Waals surface area contributed by atoms with E-state index in [0.717, 1.165) is 12.0 Å². The van der Waals surface area contributed by atoms with Crippen LogP contribution in [0.3, 0.4) is 0 Å². The maximum Gasteiger partial charge on any atom is 0.162 e. The van der Waals surface area contributed by atoms with Crippen molar-refractivity contribution < 1.29 is 14.6 Å². The predicted octanol–water partition coefficient (Wildman–Crippen LogP) is 4.03. The summed E-state index contributed by atoms with van der Waals surface area (Å²) in [6.45, 7) is 3.27. The zero-order valence-electron chi connectivity index (χ0n) is 13.4. The lowest BCUT2D eigenvalue weighted by Crippen LogP contribution is -2.17. The first-order valence-corrected chi connectivity index (χ1v) is 8.99. The van der Waals surface area contributed by atoms with Crippen LogP contribution in [0.2, 0.25) is 0 Å². The first-order valence-electron chi connectivity index (χ1n) is 8.11. The van der Waals surface area contributed by atoms with Crippen molar-refractivity contribution in [2.45, 2.75) is 43.5 Å². The molecular weight excluding hydrogens is 335 g/mol. The van der Waals surface area contributed by atoms with E-state index < -0.39 is 0 Å². The number of aliphatic hydroxyl groups excluding tert-OH is 1. The van der Waals surface area contributed by atoms with E-state index in [0.29, 0.717) is 43.5 Å². The normalized spacial score (nSPS) is 27.3. The number of rotatable bonds is 8. The number of ketones is 1. The van der Waals surface area contributed by atoms with E-state index in [4.69, 9.17) is 33.0 Å². The summed E-state index contributed by atoms with van der Waals surface area (Å²) in [5.41, 5.74) is 1.66. The molecule has 0 bridgehead atoms. The largest absolute Gasteiger partial charge is 0.396 e. The fraction of sp³-hybridized carbons (Fsp3) is 0.611. The Morgan fingerprint density at radius 3 is 2.83 bits per heavy atom. The van der Waals surface area contributed by atoms with Gasteiger partial charge in [0.2, 0.25) is 0 Å². The highest BCUT2D eigenvalue weighted by atomic mass is 35.5. The molecule has 5 heteroatoms. The molecule has 1 aromatic carbocycles. The number of hydrogen-bond donors (Lipinski definition) is 1. The van der Waals surface area contributed by atoms with Crippen molar-refractivity contribution in [1.82, 2.24) is 0 Å². The highest BCUT2D eigenvalue weighted by Crippen LogP contribution is 2.38. The third-order valence-corrected chi connectivity index (χ3v) is 5.81. The average molecular weight is 359 g/mol. The van der Waals surface area contributed by atoms with Gasteiger partial charge in [0.1, 0.15) is 0 Å². The summed E-state index contributed by atoms with van der Waals surface area (Å²) in [6, 6.07) is 7.49. The molecule has 1 aliphatic carbocycles. The number of benzene rings is 1. The fourth-order valence-corrected chi connectivity index (χ4v) is 3.76. The van der Waals surface area contributed by atoms with Gasteiger partial charge in [-0.3, -0.25) is 4.79 Å². The Hall–Kier alpha value is -0.610. The van der Waals surface area contributed by atoms with E-state index in [1.54, 1.807) is 6.07 Å². The summed E-state index contributed by atoms with van der Waals surface area (Å²) in [5.74, 6) is 0.792. The van der Waals surface area contributed by atoms with E-state index >= 15 is 0 Å². The van der Waals surface area contributed by atoms with Crippen LogP contribution in [0.15, 0.2) is 24.3 Å². The second kappa shape index (κ2) is 9.03. The molecule has 1 aromatic rings. The molecule has 23 heavy (non-hydrogen) atoms. The third kappa shape index (κ3) is 5.18. The second-order valence-electron chi connectivity index (χ2n) is 6.28. The van der Waals surface area contributed by atoms with Gasteiger partial charge in [-0.2, -0.15) is 0 Å². The van der Waals surface area contributed by atoms with Gasteiger partial charge in [-0.25, -0.2) is 0 Å². The number of alkyl halides is 2. The molecule has 0 aliphatic heterocycles. The van der Waals surface area contributed by atoms with Gasteiger partial charge in [-0.05, 0) is 36.3 Å². The SMILES string of the molecule is CC1C(Cl)C(Cl)C[C@@H]1COCc1cccc(C(=O)CCCO)c1. The molecule has 128 valence electrons. The number of hydrogen-bond acceptors (Lipinski definition) is 3. The molecule has 0 aromatic heterocycles. The fourth-order valence-electron chi connectivity index (χ4n) is 2.99. The molecule has 0 heterocycles. The van der Waals surface area contributed by atoms with Crippen LogP contribution in [-0.2, 0) is 11.3 Å². The lowest BCUT2D eigenvalue weighted by molar-refractivity contribution is 0.0770. The summed E-state index contributed by atoms with van der Waals surface area (Å²) in [6.07, 6.45) is 1.75. The Bertz CT molecular complexity index is 521. The van der Waals surface area contributed by atoms with Crippen molar-refractivity contribution in [3.05, 3.63) is 35.4 Å². The molecule has 1 fully saturated rings. The molecule has 3 nitrogen and oxygen atoms in total. The van der Waals surface area contributed by atoms with Crippen LogP contribution in [0.5, 0.6) is 0 Å². The van der Waals surface area contributed by atoms with Crippen molar-refractivity contribution in [3.63, 3.8) is 0 Å². The molecule has 0 amide bonds. The van der Waals surface area contributed by atoms with Crippen LogP contribution in [0.1, 0.15) is 42.1 Å². The molecule has 2 rings (SSSR count). The molecule has 0 radical (unpaired) electrons. The van der Waals surface area contributed by atoms with E-state index in [1.807, 2.05) is 18.2 Å². The minimum absolute atomic E-state index is 0.0118. The first-order chi connectivity index (χ1) is 11.0. The minimum atomic E-state index is 0.0118.